The van der Waals surface area contributed by atoms with Gasteiger partial charge in [0.2, 0.25) is 0 Å². The second-order valence-electron chi connectivity index (χ2n) is 5.88. The monoisotopic (exact) mass is 389 g/mol. The maximum Gasteiger partial charge on any atom is 0.250 e. The van der Waals surface area contributed by atoms with Crippen molar-refractivity contribution < 1.29 is 4.79 Å². The minimum Gasteiger partial charge on any atom is -0.272 e. The van der Waals surface area contributed by atoms with Crippen molar-refractivity contribution in [1.29, 1.82) is 0 Å². The predicted octanol–water partition coefficient (Wildman–Crippen LogP) is 5.44. The first-order chi connectivity index (χ1) is 12.0. The van der Waals surface area contributed by atoms with E-state index in [1.54, 1.807) is 6.07 Å². The summed E-state index contributed by atoms with van der Waals surface area (Å²) in [5, 5.41) is 5.93. The van der Waals surface area contributed by atoms with Gasteiger partial charge in [-0.1, -0.05) is 64.8 Å². The molecular weight excluding hydrogens is 377 g/mol. The van der Waals surface area contributed by atoms with Gasteiger partial charge in [-0.25, -0.2) is 4.98 Å². The number of hydrogen-bond acceptors (Lipinski definition) is 4. The van der Waals surface area contributed by atoms with Gasteiger partial charge in [0.05, 0.1) is 10.0 Å². The van der Waals surface area contributed by atoms with Gasteiger partial charge in [0, 0.05) is 17.2 Å². The minimum atomic E-state index is -0.0729. The van der Waals surface area contributed by atoms with Gasteiger partial charge in [0.1, 0.15) is 0 Å². The van der Waals surface area contributed by atoms with Crippen LogP contribution < -0.4 is 0 Å². The Hall–Kier alpha value is -1.82. The van der Waals surface area contributed by atoms with Crippen LogP contribution in [-0.2, 0) is 0 Å². The maximum atomic E-state index is 12.5. The number of aryl methyl sites for hydroxylation is 1. The van der Waals surface area contributed by atoms with E-state index < -0.39 is 0 Å². The number of carbonyl (C=O) groups excluding carboxylic acids is 1. The smallest absolute Gasteiger partial charge is 0.250 e. The van der Waals surface area contributed by atoms with Gasteiger partial charge in [0.15, 0.2) is 11.0 Å². The summed E-state index contributed by atoms with van der Waals surface area (Å²) < 4.78 is 1.40. The molecule has 1 aliphatic heterocycles. The third kappa shape index (κ3) is 3.19. The molecule has 0 saturated heterocycles. The molecule has 0 radical (unpaired) electrons. The Morgan fingerprint density at radius 3 is 2.76 bits per heavy atom. The fraction of sp³-hybridized carbons (Fsp3) is 0.167. The number of halogens is 2. The zero-order valence-electron chi connectivity index (χ0n) is 13.2. The van der Waals surface area contributed by atoms with Crippen molar-refractivity contribution in [2.75, 3.05) is 0 Å². The molecule has 1 aromatic heterocycles. The number of carbonyl (C=O) groups is 1. The molecule has 25 heavy (non-hydrogen) atoms. The minimum absolute atomic E-state index is 0.0515. The second-order valence-corrected chi connectivity index (χ2v) is 7.86. The summed E-state index contributed by atoms with van der Waals surface area (Å²) in [6.45, 7) is 2.01. The molecule has 2 aromatic carbocycles. The molecule has 0 spiro atoms. The number of benzene rings is 2. The van der Waals surface area contributed by atoms with Gasteiger partial charge < -0.3 is 0 Å². The largest absolute Gasteiger partial charge is 0.272 e. The number of rotatable bonds is 2. The average Bonchev–Trinajstić information content (AvgIpc) is 3.02. The van der Waals surface area contributed by atoms with Crippen molar-refractivity contribution in [2.24, 2.45) is 0 Å². The van der Waals surface area contributed by atoms with Crippen LogP contribution in [0.15, 0.2) is 47.6 Å². The first kappa shape index (κ1) is 16.6. The fourth-order valence-electron chi connectivity index (χ4n) is 2.76. The Morgan fingerprint density at radius 1 is 1.16 bits per heavy atom. The Labute approximate surface area is 159 Å². The van der Waals surface area contributed by atoms with Crippen LogP contribution in [0.1, 0.15) is 27.6 Å². The quantitative estimate of drug-likeness (QED) is 0.585. The van der Waals surface area contributed by atoms with E-state index in [0.29, 0.717) is 27.4 Å². The summed E-state index contributed by atoms with van der Waals surface area (Å²) >= 11 is 13.6. The first-order valence-electron chi connectivity index (χ1n) is 7.70. The van der Waals surface area contributed by atoms with Crippen molar-refractivity contribution in [3.63, 3.8) is 0 Å². The van der Waals surface area contributed by atoms with Crippen LogP contribution in [0.2, 0.25) is 10.0 Å². The molecule has 3 aromatic rings. The Bertz CT molecular complexity index is 986. The van der Waals surface area contributed by atoms with Crippen molar-refractivity contribution >= 4 is 40.9 Å². The molecule has 1 atom stereocenters. The SMILES string of the molecule is Cc1cccc(-c2nc3n(n2)C(=O)C[C@@H](c2ccc(Cl)c(Cl)c2)S3)c1. The van der Waals surface area contributed by atoms with E-state index in [-0.39, 0.29) is 11.2 Å². The number of fused-ring (bicyclic) bond motifs is 1. The van der Waals surface area contributed by atoms with Crippen molar-refractivity contribution in [3.05, 3.63) is 63.6 Å². The van der Waals surface area contributed by atoms with Crippen LogP contribution in [0.3, 0.4) is 0 Å². The van der Waals surface area contributed by atoms with Gasteiger partial charge in [-0.05, 0) is 30.7 Å². The molecule has 2 heterocycles. The van der Waals surface area contributed by atoms with Crippen LogP contribution in [0.5, 0.6) is 0 Å². The Balaban J connectivity index is 1.69. The summed E-state index contributed by atoms with van der Waals surface area (Å²) in [7, 11) is 0. The average molecular weight is 390 g/mol. The summed E-state index contributed by atoms with van der Waals surface area (Å²) in [6.07, 6.45) is 0.340. The third-order valence-corrected chi connectivity index (χ3v) is 5.95. The molecule has 0 unspecified atom stereocenters. The maximum absolute atomic E-state index is 12.5. The highest BCUT2D eigenvalue weighted by Gasteiger charge is 2.30. The van der Waals surface area contributed by atoms with Gasteiger partial charge in [0.25, 0.3) is 5.91 Å². The molecule has 0 bridgehead atoms. The molecule has 4 nitrogen and oxygen atoms in total. The molecule has 0 amide bonds. The molecule has 0 saturated carbocycles. The van der Waals surface area contributed by atoms with Crippen LogP contribution in [0.4, 0.5) is 0 Å². The summed E-state index contributed by atoms with van der Waals surface area (Å²) in [6, 6.07) is 13.4. The third-order valence-electron chi connectivity index (χ3n) is 4.01. The Morgan fingerprint density at radius 2 is 2.00 bits per heavy atom. The second kappa shape index (κ2) is 6.48. The number of aromatic nitrogens is 3. The highest BCUT2D eigenvalue weighted by molar-refractivity contribution is 7.99. The van der Waals surface area contributed by atoms with Crippen LogP contribution >= 0.6 is 35.0 Å². The predicted molar refractivity (Wildman–Crippen MR) is 100 cm³/mol. The summed E-state index contributed by atoms with van der Waals surface area (Å²) in [5.74, 6) is 0.491. The molecule has 4 rings (SSSR count). The molecule has 1 aliphatic rings. The van der Waals surface area contributed by atoms with Crippen molar-refractivity contribution in [1.82, 2.24) is 14.8 Å². The lowest BCUT2D eigenvalue weighted by atomic mass is 10.1. The molecular formula is C18H13Cl2N3OS. The van der Waals surface area contributed by atoms with E-state index in [2.05, 4.69) is 10.1 Å². The zero-order chi connectivity index (χ0) is 17.6. The molecule has 0 N–H and O–H groups in total. The van der Waals surface area contributed by atoms with Crippen LogP contribution in [0, 0.1) is 6.92 Å². The van der Waals surface area contributed by atoms with Gasteiger partial charge in [-0.2, -0.15) is 4.68 Å². The first-order valence-corrected chi connectivity index (χ1v) is 9.34. The number of hydrogen-bond donors (Lipinski definition) is 0. The van der Waals surface area contributed by atoms with Crippen LogP contribution in [-0.4, -0.2) is 20.7 Å². The van der Waals surface area contributed by atoms with Gasteiger partial charge in [-0.15, -0.1) is 5.10 Å². The normalized spacial score (nSPS) is 16.8. The topological polar surface area (TPSA) is 47.8 Å². The van der Waals surface area contributed by atoms with Crippen LogP contribution in [0.25, 0.3) is 11.4 Å². The fourth-order valence-corrected chi connectivity index (χ4v) is 4.21. The van der Waals surface area contributed by atoms with E-state index in [1.807, 2.05) is 43.3 Å². The van der Waals surface area contributed by atoms with E-state index in [4.69, 9.17) is 23.2 Å². The highest BCUT2D eigenvalue weighted by Crippen LogP contribution is 2.42. The van der Waals surface area contributed by atoms with Gasteiger partial charge in [-0.3, -0.25) is 4.79 Å². The molecule has 7 heteroatoms. The number of thioether (sulfide) groups is 1. The van der Waals surface area contributed by atoms with Gasteiger partial charge >= 0.3 is 0 Å². The lowest BCUT2D eigenvalue weighted by Crippen LogP contribution is -2.20. The van der Waals surface area contributed by atoms with E-state index in [0.717, 1.165) is 16.7 Å². The van der Waals surface area contributed by atoms with E-state index in [1.165, 1.54) is 16.4 Å². The molecule has 126 valence electrons. The van der Waals surface area contributed by atoms with E-state index in [9.17, 15) is 4.79 Å². The lowest BCUT2D eigenvalue weighted by molar-refractivity contribution is 0.0868. The molecule has 0 fully saturated rings. The van der Waals surface area contributed by atoms with E-state index >= 15 is 0 Å². The summed E-state index contributed by atoms with van der Waals surface area (Å²) in [5.41, 5.74) is 2.98. The standard InChI is InChI=1S/C18H13Cl2N3OS/c1-10-3-2-4-12(7-10)17-21-18-23(22-17)16(24)9-15(25-18)11-5-6-13(19)14(20)8-11/h2-8,15H,9H2,1H3/t15-/m0/s1. The zero-order valence-corrected chi connectivity index (χ0v) is 15.6. The highest BCUT2D eigenvalue weighted by atomic mass is 35.5. The lowest BCUT2D eigenvalue weighted by Gasteiger charge is -2.20. The van der Waals surface area contributed by atoms with Crippen molar-refractivity contribution in [2.45, 2.75) is 23.8 Å². The molecule has 0 aliphatic carbocycles. The summed E-state index contributed by atoms with van der Waals surface area (Å²) in [4.78, 5) is 17.1. The Kier molecular flexibility index (Phi) is 4.31. The van der Waals surface area contributed by atoms with Crippen molar-refractivity contribution in [3.8, 4) is 11.4 Å². The number of nitrogens with zero attached hydrogens (tertiary/aromatic N) is 3.